The molecule has 2 aromatic carbocycles. The molecule has 1 aliphatic heterocycles. The maximum absolute atomic E-state index is 14.1. The van der Waals surface area contributed by atoms with Gasteiger partial charge < -0.3 is 35.1 Å². The minimum Gasteiger partial charge on any atom is -0.461 e. The SMILES string of the molecule is CC(C)OC(=O)C(O)[C@@H](NC(=O)[C@H](Cc1cnc[nH]1)NC(=O)C(CC(=O)N1CCOCC1)Cc1cccc2ccccc12)C(C)C. The number of carbonyl (C=O) groups excluding carboxylic acids is 4. The van der Waals surface area contributed by atoms with Gasteiger partial charge in [-0.15, -0.1) is 0 Å². The van der Waals surface area contributed by atoms with Crippen LogP contribution >= 0.6 is 0 Å². The molecule has 12 nitrogen and oxygen atoms in total. The van der Waals surface area contributed by atoms with Crippen molar-refractivity contribution in [2.24, 2.45) is 11.8 Å². The third-order valence-corrected chi connectivity index (χ3v) is 8.07. The fourth-order valence-electron chi connectivity index (χ4n) is 5.58. The first-order valence-corrected chi connectivity index (χ1v) is 15.8. The number of ether oxygens (including phenoxy) is 2. The third kappa shape index (κ3) is 9.37. The molecule has 4 N–H and O–H groups in total. The molecule has 46 heavy (non-hydrogen) atoms. The van der Waals surface area contributed by atoms with Crippen LogP contribution in [0.1, 0.15) is 45.4 Å². The molecule has 0 saturated carbocycles. The molecule has 1 fully saturated rings. The molecule has 1 saturated heterocycles. The Morgan fingerprint density at radius 2 is 1.70 bits per heavy atom. The fourth-order valence-corrected chi connectivity index (χ4v) is 5.58. The van der Waals surface area contributed by atoms with E-state index in [9.17, 15) is 24.3 Å². The Bertz CT molecular complexity index is 1460. The van der Waals surface area contributed by atoms with Crippen LogP contribution in [0.15, 0.2) is 55.0 Å². The van der Waals surface area contributed by atoms with Crippen LogP contribution in [0, 0.1) is 11.8 Å². The van der Waals surface area contributed by atoms with Gasteiger partial charge in [-0.3, -0.25) is 14.4 Å². The van der Waals surface area contributed by atoms with Crippen molar-refractivity contribution in [2.75, 3.05) is 26.3 Å². The number of carbonyl (C=O) groups is 4. The lowest BCUT2D eigenvalue weighted by Crippen LogP contribution is -2.57. The van der Waals surface area contributed by atoms with E-state index in [-0.39, 0.29) is 31.1 Å². The maximum atomic E-state index is 14.1. The smallest absolute Gasteiger partial charge is 0.337 e. The maximum Gasteiger partial charge on any atom is 0.337 e. The number of amides is 3. The molecule has 12 heteroatoms. The van der Waals surface area contributed by atoms with Gasteiger partial charge in [-0.25, -0.2) is 9.78 Å². The summed E-state index contributed by atoms with van der Waals surface area (Å²) in [6, 6.07) is 11.6. The number of aliphatic hydroxyl groups is 1. The van der Waals surface area contributed by atoms with E-state index in [1.807, 2.05) is 42.5 Å². The first-order valence-electron chi connectivity index (χ1n) is 15.8. The Kier molecular flexibility index (Phi) is 12.3. The number of fused-ring (bicyclic) bond motifs is 1. The fraction of sp³-hybridized carbons (Fsp3) is 0.500. The number of benzene rings is 2. The van der Waals surface area contributed by atoms with Gasteiger partial charge in [0.15, 0.2) is 6.10 Å². The summed E-state index contributed by atoms with van der Waals surface area (Å²) in [6.07, 6.45) is 1.25. The highest BCUT2D eigenvalue weighted by molar-refractivity contribution is 5.92. The number of hydrogen-bond donors (Lipinski definition) is 4. The number of aromatic amines is 1. The van der Waals surface area contributed by atoms with Crippen molar-refractivity contribution < 1.29 is 33.8 Å². The summed E-state index contributed by atoms with van der Waals surface area (Å²) in [5.74, 6) is -3.19. The molecule has 0 aliphatic carbocycles. The second kappa shape index (κ2) is 16.3. The summed E-state index contributed by atoms with van der Waals surface area (Å²) >= 11 is 0. The zero-order chi connectivity index (χ0) is 33.2. The van der Waals surface area contributed by atoms with E-state index < -0.39 is 48.0 Å². The summed E-state index contributed by atoms with van der Waals surface area (Å²) in [4.78, 5) is 62.5. The lowest BCUT2D eigenvalue weighted by Gasteiger charge is -2.30. The topological polar surface area (TPSA) is 163 Å². The highest BCUT2D eigenvalue weighted by atomic mass is 16.6. The van der Waals surface area contributed by atoms with Gasteiger partial charge in [0.25, 0.3) is 0 Å². The van der Waals surface area contributed by atoms with Gasteiger partial charge in [-0.05, 0) is 42.5 Å². The number of imidazole rings is 1. The highest BCUT2D eigenvalue weighted by Gasteiger charge is 2.35. The van der Waals surface area contributed by atoms with Crippen LogP contribution in [-0.4, -0.2) is 94.3 Å². The van der Waals surface area contributed by atoms with Crippen LogP contribution in [0.5, 0.6) is 0 Å². The van der Waals surface area contributed by atoms with Gasteiger partial charge >= 0.3 is 5.97 Å². The summed E-state index contributed by atoms with van der Waals surface area (Å²) in [5, 5.41) is 18.4. The minimum atomic E-state index is -1.61. The molecule has 3 aromatic rings. The quantitative estimate of drug-likeness (QED) is 0.196. The Morgan fingerprint density at radius 1 is 0.978 bits per heavy atom. The van der Waals surface area contributed by atoms with Gasteiger partial charge in [0.05, 0.1) is 37.6 Å². The summed E-state index contributed by atoms with van der Waals surface area (Å²) in [7, 11) is 0. The van der Waals surface area contributed by atoms with Crippen molar-refractivity contribution in [3.8, 4) is 0 Å². The highest BCUT2D eigenvalue weighted by Crippen LogP contribution is 2.24. The Hall–Kier alpha value is -4.29. The number of nitrogens with zero attached hydrogens (tertiary/aromatic N) is 2. The number of morpholine rings is 1. The van der Waals surface area contributed by atoms with E-state index in [1.165, 1.54) is 6.33 Å². The van der Waals surface area contributed by atoms with Crippen molar-refractivity contribution in [3.63, 3.8) is 0 Å². The molecule has 2 unspecified atom stereocenters. The number of aliphatic hydroxyl groups excluding tert-OH is 1. The zero-order valence-corrected chi connectivity index (χ0v) is 26.9. The van der Waals surface area contributed by atoms with E-state index >= 15 is 0 Å². The number of esters is 1. The van der Waals surface area contributed by atoms with Gasteiger partial charge in [-0.2, -0.15) is 0 Å². The molecule has 4 atom stereocenters. The first-order chi connectivity index (χ1) is 22.0. The van der Waals surface area contributed by atoms with Crippen LogP contribution in [0.25, 0.3) is 10.8 Å². The molecule has 0 bridgehead atoms. The monoisotopic (exact) mass is 635 g/mol. The van der Waals surface area contributed by atoms with Gasteiger partial charge in [-0.1, -0.05) is 56.3 Å². The molecular weight excluding hydrogens is 590 g/mol. The van der Waals surface area contributed by atoms with E-state index in [2.05, 4.69) is 20.6 Å². The van der Waals surface area contributed by atoms with E-state index in [1.54, 1.807) is 38.8 Å². The van der Waals surface area contributed by atoms with Crippen molar-refractivity contribution in [3.05, 3.63) is 66.2 Å². The predicted octanol–water partition coefficient (Wildman–Crippen LogP) is 2.15. The summed E-state index contributed by atoms with van der Waals surface area (Å²) in [6.45, 7) is 8.63. The predicted molar refractivity (Wildman–Crippen MR) is 171 cm³/mol. The number of nitrogens with one attached hydrogen (secondary N) is 3. The molecule has 2 heterocycles. The van der Waals surface area contributed by atoms with E-state index in [4.69, 9.17) is 9.47 Å². The van der Waals surface area contributed by atoms with Crippen molar-refractivity contribution in [2.45, 2.75) is 71.2 Å². The molecule has 248 valence electrons. The number of aromatic nitrogens is 2. The van der Waals surface area contributed by atoms with E-state index in [0.29, 0.717) is 32.0 Å². The lowest BCUT2D eigenvalue weighted by molar-refractivity contribution is -0.160. The van der Waals surface area contributed by atoms with Crippen molar-refractivity contribution >= 4 is 34.5 Å². The molecule has 4 rings (SSSR count). The average molecular weight is 636 g/mol. The summed E-state index contributed by atoms with van der Waals surface area (Å²) in [5.41, 5.74) is 1.51. The molecule has 3 amide bonds. The van der Waals surface area contributed by atoms with Crippen LogP contribution in [0.3, 0.4) is 0 Å². The average Bonchev–Trinajstić information content (AvgIpc) is 3.55. The molecule has 1 aliphatic rings. The Balaban J connectivity index is 1.59. The van der Waals surface area contributed by atoms with Crippen LogP contribution in [0.4, 0.5) is 0 Å². The zero-order valence-electron chi connectivity index (χ0n) is 26.9. The van der Waals surface area contributed by atoms with Crippen LogP contribution in [-0.2, 0) is 41.5 Å². The van der Waals surface area contributed by atoms with Gasteiger partial charge in [0.2, 0.25) is 17.7 Å². The molecule has 0 radical (unpaired) electrons. The van der Waals surface area contributed by atoms with Gasteiger partial charge in [0.1, 0.15) is 6.04 Å². The number of hydrogen-bond acceptors (Lipinski definition) is 8. The lowest BCUT2D eigenvalue weighted by atomic mass is 9.91. The normalized spacial score (nSPS) is 16.1. The first kappa shape index (κ1) is 34.6. The summed E-state index contributed by atoms with van der Waals surface area (Å²) < 4.78 is 10.6. The van der Waals surface area contributed by atoms with E-state index in [0.717, 1.165) is 16.3 Å². The number of rotatable bonds is 14. The molecular formula is C34H45N5O7. The van der Waals surface area contributed by atoms with Crippen molar-refractivity contribution in [1.82, 2.24) is 25.5 Å². The Morgan fingerprint density at radius 3 is 2.37 bits per heavy atom. The second-order valence-electron chi connectivity index (χ2n) is 12.3. The van der Waals surface area contributed by atoms with Gasteiger partial charge in [0, 0.05) is 37.8 Å². The Labute approximate surface area is 269 Å². The van der Waals surface area contributed by atoms with Crippen molar-refractivity contribution in [1.29, 1.82) is 0 Å². The minimum absolute atomic E-state index is 0.0537. The largest absolute Gasteiger partial charge is 0.461 e. The van der Waals surface area contributed by atoms with Crippen LogP contribution in [0.2, 0.25) is 0 Å². The standard InChI is InChI=1S/C34H45N5O7/c1-21(2)30(31(41)34(44)46-22(3)4)38-33(43)28(18-26-19-35-20-36-26)37-32(42)25(17-29(40)39-12-14-45-15-13-39)16-24-10-7-9-23-8-5-6-11-27(23)24/h5-11,19-22,25,28,30-31,41H,12-18H2,1-4H3,(H,35,36)(H,37,42)(H,38,43)/t25?,28-,30-,31?/m0/s1. The third-order valence-electron chi connectivity index (χ3n) is 8.07. The molecule has 1 aromatic heterocycles. The molecule has 0 spiro atoms. The van der Waals surface area contributed by atoms with Crippen LogP contribution < -0.4 is 10.6 Å². The number of H-pyrrole nitrogens is 1. The second-order valence-corrected chi connectivity index (χ2v) is 12.3.